The molecule has 2 atom stereocenters. The standard InChI is InChI=1S/C8H18P2S/c1-7(2,3)9-10(11-9)8(4,5)6/h1-6H3. The fourth-order valence-corrected chi connectivity index (χ4v) is 19.4. The first-order valence-corrected chi connectivity index (χ1v) is 9.43. The Bertz CT molecular complexity index is 203. The topological polar surface area (TPSA) is 0 Å². The van der Waals surface area contributed by atoms with E-state index in [-0.39, 0.29) is 0 Å². The third-order valence-electron chi connectivity index (χ3n) is 1.44. The molecule has 0 bridgehead atoms. The van der Waals surface area contributed by atoms with Crippen molar-refractivity contribution in [3.8, 4) is 0 Å². The minimum Gasteiger partial charge on any atom is -0.0981 e. The van der Waals surface area contributed by atoms with Crippen LogP contribution in [-0.2, 0) is 10.3 Å². The second-order valence-electron chi connectivity index (χ2n) is 4.97. The highest BCUT2D eigenvalue weighted by atomic mass is 33.1. The van der Waals surface area contributed by atoms with Gasteiger partial charge in [-0.15, -0.1) is 0 Å². The minimum absolute atomic E-state index is 0.338. The van der Waals surface area contributed by atoms with E-state index in [1.54, 1.807) is 0 Å². The molecular formula is C8H18P2S. The predicted molar refractivity (Wildman–Crippen MR) is 59.7 cm³/mol. The smallest absolute Gasteiger partial charge is 0.0136 e. The minimum atomic E-state index is 0.338. The molecule has 0 aromatic carbocycles. The fraction of sp³-hybridized carbons (Fsp3) is 1.00. The van der Waals surface area contributed by atoms with Crippen molar-refractivity contribution in [1.29, 1.82) is 0 Å². The molecular weight excluding hydrogens is 190 g/mol. The van der Waals surface area contributed by atoms with Gasteiger partial charge in [-0.3, -0.25) is 0 Å². The molecule has 0 aliphatic carbocycles. The van der Waals surface area contributed by atoms with E-state index in [9.17, 15) is 0 Å². The number of hydrogen-bond donors (Lipinski definition) is 0. The quantitative estimate of drug-likeness (QED) is 0.547. The van der Waals surface area contributed by atoms with Crippen molar-refractivity contribution in [2.24, 2.45) is 0 Å². The van der Waals surface area contributed by atoms with Crippen molar-refractivity contribution in [3.63, 3.8) is 0 Å². The van der Waals surface area contributed by atoms with Crippen molar-refractivity contribution >= 4 is 23.3 Å². The van der Waals surface area contributed by atoms with Gasteiger partial charge in [0.2, 0.25) is 0 Å². The van der Waals surface area contributed by atoms with Crippen molar-refractivity contribution < 1.29 is 0 Å². The van der Waals surface area contributed by atoms with E-state index in [0.717, 1.165) is 0 Å². The summed E-state index contributed by atoms with van der Waals surface area (Å²) in [6, 6.07) is 0. The van der Waals surface area contributed by atoms with Gasteiger partial charge in [-0.05, 0) is 12.8 Å². The molecule has 0 radical (unpaired) electrons. The van der Waals surface area contributed by atoms with Crippen molar-refractivity contribution in [2.75, 3.05) is 0 Å². The van der Waals surface area contributed by atoms with Crippen LogP contribution >= 0.6 is 23.3 Å². The molecule has 3 heteroatoms. The van der Waals surface area contributed by atoms with Crippen LogP contribution in [0.1, 0.15) is 41.5 Å². The van der Waals surface area contributed by atoms with E-state index < -0.39 is 0 Å². The highest BCUT2D eigenvalue weighted by Crippen LogP contribution is 2.84. The fourth-order valence-electron chi connectivity index (χ4n) is 0.847. The molecule has 0 saturated carbocycles. The molecule has 0 N–H and O–H groups in total. The molecule has 0 nitrogen and oxygen atoms in total. The van der Waals surface area contributed by atoms with Crippen LogP contribution in [-0.4, -0.2) is 0 Å². The molecule has 0 fully saturated rings. The SMILES string of the molecule is CC(C)(C)p1sp1C(C)(C)C. The molecule has 11 heavy (non-hydrogen) atoms. The largest absolute Gasteiger partial charge is 0.0981 e. The Labute approximate surface area is 75.5 Å². The Kier molecular flexibility index (Phi) is 2.39. The first-order valence-electron chi connectivity index (χ1n) is 4.01. The third-order valence-corrected chi connectivity index (χ3v) is 17.4. The molecule has 0 aliphatic rings. The van der Waals surface area contributed by atoms with Crippen molar-refractivity contribution in [2.45, 2.75) is 51.9 Å². The van der Waals surface area contributed by atoms with Crippen LogP contribution in [0.4, 0.5) is 0 Å². The zero-order valence-corrected chi connectivity index (χ0v) is 10.9. The highest BCUT2D eigenvalue weighted by molar-refractivity contribution is 8.61. The molecule has 1 aromatic heterocycles. The highest BCUT2D eigenvalue weighted by Gasteiger charge is 2.32. The van der Waals surface area contributed by atoms with Gasteiger partial charge in [0.25, 0.3) is 0 Å². The molecule has 0 saturated heterocycles. The Balaban J connectivity index is 2.76. The van der Waals surface area contributed by atoms with Gasteiger partial charge in [0.15, 0.2) is 0 Å². The number of rotatable bonds is 0. The zero-order valence-electron chi connectivity index (χ0n) is 8.30. The van der Waals surface area contributed by atoms with Crippen LogP contribution < -0.4 is 0 Å². The lowest BCUT2D eigenvalue weighted by Crippen LogP contribution is -1.99. The van der Waals surface area contributed by atoms with Crippen molar-refractivity contribution in [3.05, 3.63) is 0 Å². The Morgan fingerprint density at radius 2 is 1.00 bits per heavy atom. The zero-order chi connectivity index (χ0) is 8.86. The average Bonchev–Trinajstić information content (AvgIpc) is 2.30. The Hall–Kier alpha value is 0.820. The predicted octanol–water partition coefficient (Wildman–Crippen LogP) is 5.23. The van der Waals surface area contributed by atoms with E-state index in [1.165, 1.54) is 0 Å². The summed E-state index contributed by atoms with van der Waals surface area (Å²) in [5.41, 5.74) is 0. The average molecular weight is 208 g/mol. The van der Waals surface area contributed by atoms with Crippen molar-refractivity contribution in [1.82, 2.24) is 0 Å². The summed E-state index contributed by atoms with van der Waals surface area (Å²) in [4.78, 5) is 0. The first kappa shape index (κ1) is 9.90. The normalized spacial score (nSPS) is 17.6. The van der Waals surface area contributed by atoms with Gasteiger partial charge in [-0.1, -0.05) is 52.1 Å². The molecule has 66 valence electrons. The third kappa shape index (κ3) is 2.38. The molecule has 1 rings (SSSR count). The lowest BCUT2D eigenvalue weighted by molar-refractivity contribution is 0.715. The Morgan fingerprint density at radius 1 is 0.727 bits per heavy atom. The summed E-state index contributed by atoms with van der Waals surface area (Å²) in [5, 5.41) is 1.19. The second-order valence-corrected chi connectivity index (χ2v) is 17.1. The van der Waals surface area contributed by atoms with E-state index >= 15 is 0 Å². The second kappa shape index (κ2) is 2.66. The summed E-state index contributed by atoms with van der Waals surface area (Å²) >= 11 is 0. The summed E-state index contributed by atoms with van der Waals surface area (Å²) < 4.78 is 0. The summed E-state index contributed by atoms with van der Waals surface area (Å²) in [6.07, 6.45) is 0.677. The van der Waals surface area contributed by atoms with Gasteiger partial charge < -0.3 is 0 Å². The summed E-state index contributed by atoms with van der Waals surface area (Å²) in [5.74, 6) is 0. The van der Waals surface area contributed by atoms with Gasteiger partial charge in [0, 0.05) is 10.3 Å². The molecule has 0 aliphatic heterocycles. The summed E-state index contributed by atoms with van der Waals surface area (Å²) in [6.45, 7) is 14.3. The van der Waals surface area contributed by atoms with E-state index in [0.29, 0.717) is 23.1 Å². The van der Waals surface area contributed by atoms with E-state index in [2.05, 4.69) is 52.1 Å². The number of hydrogen-bond acceptors (Lipinski definition) is 1. The molecule has 1 aromatic rings. The van der Waals surface area contributed by atoms with Crippen LogP contribution in [0.5, 0.6) is 0 Å². The van der Waals surface area contributed by atoms with Gasteiger partial charge in [-0.25, -0.2) is 0 Å². The molecule has 1 heterocycles. The maximum atomic E-state index is 2.39. The van der Waals surface area contributed by atoms with Gasteiger partial charge in [0.05, 0.1) is 0 Å². The Morgan fingerprint density at radius 3 is 1.09 bits per heavy atom. The van der Waals surface area contributed by atoms with E-state index in [4.69, 9.17) is 0 Å². The van der Waals surface area contributed by atoms with Gasteiger partial charge >= 0.3 is 0 Å². The van der Waals surface area contributed by atoms with Crippen LogP contribution in [0.25, 0.3) is 0 Å². The lowest BCUT2D eigenvalue weighted by atomic mass is 10.3. The van der Waals surface area contributed by atoms with E-state index in [1.807, 2.05) is 0 Å². The maximum absolute atomic E-state index is 2.39. The molecule has 0 amide bonds. The first-order chi connectivity index (χ1) is 4.73. The van der Waals surface area contributed by atoms with Crippen LogP contribution in [0.15, 0.2) is 0 Å². The van der Waals surface area contributed by atoms with Crippen LogP contribution in [0, 0.1) is 0 Å². The van der Waals surface area contributed by atoms with Crippen LogP contribution in [0.2, 0.25) is 0 Å². The van der Waals surface area contributed by atoms with Crippen LogP contribution in [0.3, 0.4) is 0 Å². The monoisotopic (exact) mass is 208 g/mol. The lowest BCUT2D eigenvalue weighted by Gasteiger charge is -2.16. The van der Waals surface area contributed by atoms with Gasteiger partial charge in [0.1, 0.15) is 0 Å². The molecule has 2 unspecified atom stereocenters. The summed E-state index contributed by atoms with van der Waals surface area (Å²) in [7, 11) is 2.28. The molecule has 0 spiro atoms. The maximum Gasteiger partial charge on any atom is 0.0136 e. The van der Waals surface area contributed by atoms with Gasteiger partial charge in [-0.2, -0.15) is 0 Å².